The molecule has 18 atom stereocenters. The van der Waals surface area contributed by atoms with Crippen LogP contribution in [0.1, 0.15) is 120 Å². The lowest BCUT2D eigenvalue weighted by molar-refractivity contribution is -0.310. The van der Waals surface area contributed by atoms with Crippen molar-refractivity contribution in [3.63, 3.8) is 0 Å². The molecule has 316 valence electrons. The molecule has 0 bridgehead atoms. The molecule has 2 aliphatic heterocycles. The Balaban J connectivity index is 1.24. The molecule has 0 aromatic rings. The highest BCUT2D eigenvalue weighted by Crippen LogP contribution is 2.76. The summed E-state index contributed by atoms with van der Waals surface area (Å²) in [6, 6.07) is 0. The second-order valence-corrected chi connectivity index (χ2v) is 19.9. The monoisotopic (exact) mass is 782 g/mol. The van der Waals surface area contributed by atoms with Gasteiger partial charge in [-0.3, -0.25) is 0 Å². The van der Waals surface area contributed by atoms with Gasteiger partial charge >= 0.3 is 5.97 Å². The van der Waals surface area contributed by atoms with Gasteiger partial charge in [-0.25, -0.2) is 4.79 Å². The number of hydrogen-bond donors (Lipinski definition) is 8. The maximum absolute atomic E-state index is 14.4. The zero-order chi connectivity index (χ0) is 40.6. The highest BCUT2D eigenvalue weighted by molar-refractivity contribution is 5.80. The van der Waals surface area contributed by atoms with E-state index in [0.29, 0.717) is 24.7 Å². The Kier molecular flexibility index (Phi) is 12.2. The van der Waals surface area contributed by atoms with E-state index in [9.17, 15) is 45.6 Å². The molecule has 4 saturated carbocycles. The molecule has 6 aliphatic rings. The molecular weight excluding hydrogens is 712 g/mol. The van der Waals surface area contributed by atoms with Crippen LogP contribution in [0, 0.1) is 45.3 Å². The first-order valence-electron chi connectivity index (χ1n) is 20.8. The van der Waals surface area contributed by atoms with Crippen molar-refractivity contribution >= 4 is 5.97 Å². The lowest BCUT2D eigenvalue weighted by Crippen LogP contribution is -2.65. The molecule has 0 radical (unpaired) electrons. The summed E-state index contributed by atoms with van der Waals surface area (Å²) in [7, 11) is 0. The van der Waals surface area contributed by atoms with Crippen molar-refractivity contribution in [2.75, 3.05) is 13.2 Å². The SMILES string of the molecule is CC(C)=C(C)CC[C@@](O)(C(=O)O[C@@H]1O[C@H](CO)[C@@H](O)[C@H](O)[C@H]1O)C1CC[C@]2(C)C1CCC1[C@@]3(C)CCC(O[C@@H]4OC[C@@H](O)[C@H](O)[C@H]4O)C(C)(C)C3CC[C@]12C. The number of carbonyl (C=O) groups excluding carboxylic acids is 1. The van der Waals surface area contributed by atoms with Crippen molar-refractivity contribution in [2.24, 2.45) is 45.3 Å². The van der Waals surface area contributed by atoms with Crippen LogP contribution in [0.4, 0.5) is 0 Å². The van der Waals surface area contributed by atoms with Gasteiger partial charge in [0.05, 0.1) is 19.3 Å². The summed E-state index contributed by atoms with van der Waals surface area (Å²) in [5.41, 5.74) is -0.362. The number of fused-ring (bicyclic) bond motifs is 5. The Morgan fingerprint density at radius 3 is 2.07 bits per heavy atom. The molecule has 0 spiro atoms. The summed E-state index contributed by atoms with van der Waals surface area (Å²) in [5, 5.41) is 84.9. The summed E-state index contributed by atoms with van der Waals surface area (Å²) < 4.78 is 23.4. The zero-order valence-corrected chi connectivity index (χ0v) is 34.2. The van der Waals surface area contributed by atoms with Crippen LogP contribution in [0.15, 0.2) is 11.1 Å². The molecule has 0 aromatic heterocycles. The van der Waals surface area contributed by atoms with Crippen LogP contribution < -0.4 is 0 Å². The Morgan fingerprint density at radius 2 is 1.42 bits per heavy atom. The number of esters is 1. The van der Waals surface area contributed by atoms with E-state index in [1.807, 2.05) is 20.8 Å². The molecule has 13 nitrogen and oxygen atoms in total. The minimum Gasteiger partial charge on any atom is -0.431 e. The van der Waals surface area contributed by atoms with Crippen LogP contribution >= 0.6 is 0 Å². The number of hydrogen-bond acceptors (Lipinski definition) is 13. The first kappa shape index (κ1) is 43.4. The molecular formula is C42H70O13. The highest BCUT2D eigenvalue weighted by atomic mass is 16.7. The second kappa shape index (κ2) is 15.4. The van der Waals surface area contributed by atoms with Crippen molar-refractivity contribution < 1.29 is 64.6 Å². The van der Waals surface area contributed by atoms with Crippen molar-refractivity contribution in [2.45, 2.75) is 187 Å². The molecule has 0 amide bonds. The molecule has 2 saturated heterocycles. The number of carbonyl (C=O) groups is 1. The fraction of sp³-hybridized carbons (Fsp3) is 0.929. The number of rotatable bonds is 9. The number of allylic oxidation sites excluding steroid dienone is 2. The first-order valence-corrected chi connectivity index (χ1v) is 20.8. The van der Waals surface area contributed by atoms with E-state index in [1.165, 1.54) is 0 Å². The van der Waals surface area contributed by atoms with Gasteiger partial charge in [-0.1, -0.05) is 45.8 Å². The lowest BCUT2D eigenvalue weighted by Gasteiger charge is -2.70. The van der Waals surface area contributed by atoms with Gasteiger partial charge in [-0.2, -0.15) is 0 Å². The molecule has 6 rings (SSSR count). The van der Waals surface area contributed by atoms with E-state index < -0.39 is 79.4 Å². The summed E-state index contributed by atoms with van der Waals surface area (Å²) in [6.45, 7) is 16.9. The summed E-state index contributed by atoms with van der Waals surface area (Å²) in [4.78, 5) is 14.4. The highest BCUT2D eigenvalue weighted by Gasteiger charge is 2.71. The summed E-state index contributed by atoms with van der Waals surface area (Å²) in [6.07, 6.45) is -5.71. The number of aliphatic hydroxyl groups excluding tert-OH is 7. The van der Waals surface area contributed by atoms with E-state index in [4.69, 9.17) is 18.9 Å². The van der Waals surface area contributed by atoms with E-state index in [1.54, 1.807) is 0 Å². The Morgan fingerprint density at radius 1 is 0.764 bits per heavy atom. The van der Waals surface area contributed by atoms with E-state index >= 15 is 0 Å². The minimum absolute atomic E-state index is 0.00709. The van der Waals surface area contributed by atoms with Gasteiger partial charge in [0.25, 0.3) is 0 Å². The van der Waals surface area contributed by atoms with Crippen molar-refractivity contribution in [3.05, 3.63) is 11.1 Å². The summed E-state index contributed by atoms with van der Waals surface area (Å²) >= 11 is 0. The predicted molar refractivity (Wildman–Crippen MR) is 200 cm³/mol. The van der Waals surface area contributed by atoms with Crippen LogP contribution in [0.5, 0.6) is 0 Å². The Hall–Kier alpha value is -1.23. The molecule has 2 heterocycles. The van der Waals surface area contributed by atoms with Gasteiger partial charge in [0.2, 0.25) is 6.29 Å². The average molecular weight is 783 g/mol. The van der Waals surface area contributed by atoms with E-state index in [0.717, 1.165) is 56.1 Å². The largest absolute Gasteiger partial charge is 0.431 e. The summed E-state index contributed by atoms with van der Waals surface area (Å²) in [5.74, 6) is -0.672. The van der Waals surface area contributed by atoms with Gasteiger partial charge in [0, 0.05) is 5.92 Å². The molecule has 4 aliphatic carbocycles. The number of aliphatic hydroxyl groups is 8. The number of ether oxygens (including phenoxy) is 4. The van der Waals surface area contributed by atoms with Gasteiger partial charge in [0.1, 0.15) is 42.7 Å². The quantitative estimate of drug-likeness (QED) is 0.0961. The van der Waals surface area contributed by atoms with Gasteiger partial charge < -0.3 is 59.8 Å². The third kappa shape index (κ3) is 6.96. The van der Waals surface area contributed by atoms with Crippen molar-refractivity contribution in [1.82, 2.24) is 0 Å². The topological polar surface area (TPSA) is 216 Å². The first-order chi connectivity index (χ1) is 25.6. The van der Waals surface area contributed by atoms with Crippen LogP contribution in [0.3, 0.4) is 0 Å². The lowest BCUT2D eigenvalue weighted by atomic mass is 9.35. The van der Waals surface area contributed by atoms with Crippen molar-refractivity contribution in [1.29, 1.82) is 0 Å². The second-order valence-electron chi connectivity index (χ2n) is 19.9. The van der Waals surface area contributed by atoms with Gasteiger partial charge in [0.15, 0.2) is 11.9 Å². The molecule has 6 fully saturated rings. The fourth-order valence-corrected chi connectivity index (χ4v) is 13.0. The van der Waals surface area contributed by atoms with Gasteiger partial charge in [-0.05, 0) is 124 Å². The standard InChI is InChI=1S/C42H70O13/c1-21(2)22(3)11-18-42(51,37(50)55-36-34(49)32(47)31(46)26(19-43)53-36)24-12-16-40(7)23(24)9-10-28-39(6)15-14-29(38(4,5)27(39)13-17-41(28,40)8)54-35-33(48)30(45)25(44)20-52-35/h23-36,43-49,51H,9-20H2,1-8H3/t23?,24?,25-,26-,27?,28?,29?,30+,31-,32+,33-,34-,35+,36+,39+,40-,41-,42+/m1/s1. The third-order valence-corrected chi connectivity index (χ3v) is 16.9. The third-order valence-electron chi connectivity index (χ3n) is 16.9. The maximum atomic E-state index is 14.4. The maximum Gasteiger partial charge on any atom is 0.340 e. The van der Waals surface area contributed by atoms with Crippen LogP contribution in [-0.2, 0) is 23.7 Å². The Bertz CT molecular complexity index is 1430. The van der Waals surface area contributed by atoms with Gasteiger partial charge in [-0.15, -0.1) is 0 Å². The average Bonchev–Trinajstić information content (AvgIpc) is 3.50. The molecule has 55 heavy (non-hydrogen) atoms. The normalized spacial score (nSPS) is 49.2. The minimum atomic E-state index is -1.92. The predicted octanol–water partition coefficient (Wildman–Crippen LogP) is 2.71. The smallest absolute Gasteiger partial charge is 0.340 e. The zero-order valence-electron chi connectivity index (χ0n) is 34.2. The van der Waals surface area contributed by atoms with Crippen molar-refractivity contribution in [3.8, 4) is 0 Å². The fourth-order valence-electron chi connectivity index (χ4n) is 13.0. The molecule has 0 aromatic carbocycles. The van der Waals surface area contributed by atoms with E-state index in [2.05, 4.69) is 34.6 Å². The molecule has 8 N–H and O–H groups in total. The van der Waals surface area contributed by atoms with E-state index in [-0.39, 0.29) is 46.7 Å². The molecule has 13 heteroatoms. The van der Waals surface area contributed by atoms with Crippen LogP contribution in [-0.4, -0.2) is 127 Å². The van der Waals surface area contributed by atoms with Crippen LogP contribution in [0.25, 0.3) is 0 Å². The van der Waals surface area contributed by atoms with Crippen LogP contribution in [0.2, 0.25) is 0 Å². The molecule has 5 unspecified atom stereocenters. The Labute approximate surface area is 326 Å².